The Labute approximate surface area is 138 Å². The highest BCUT2D eigenvalue weighted by Gasteiger charge is 2.22. The normalized spacial score (nSPS) is 11.7. The quantitative estimate of drug-likeness (QED) is 0.294. The van der Waals surface area contributed by atoms with E-state index in [0.29, 0.717) is 0 Å². The molecule has 0 aromatic heterocycles. The number of nitro benzene ring substituents is 1. The molecular formula is C16H17NO7. The van der Waals surface area contributed by atoms with Crippen LogP contribution in [0.3, 0.4) is 0 Å². The number of hydrogen-bond acceptors (Lipinski definition) is 7. The molecule has 0 aliphatic carbocycles. The molecule has 1 atom stereocenters. The van der Waals surface area contributed by atoms with E-state index in [0.717, 1.165) is 13.2 Å². The van der Waals surface area contributed by atoms with Crippen molar-refractivity contribution in [2.24, 2.45) is 0 Å². The SMILES string of the molecule is COC(=O)c1ccc(C(O)C#CC(=O)OC(C)(C)C)c([N+](=O)[O-])c1. The van der Waals surface area contributed by atoms with E-state index in [9.17, 15) is 24.8 Å². The summed E-state index contributed by atoms with van der Waals surface area (Å²) in [5.41, 5.74) is -1.45. The number of nitrogens with zero attached hydrogens (tertiary/aromatic N) is 1. The molecule has 0 bridgehead atoms. The second-order valence-corrected chi connectivity index (χ2v) is 5.70. The minimum Gasteiger partial charge on any atom is -0.465 e. The monoisotopic (exact) mass is 335 g/mol. The van der Waals surface area contributed by atoms with E-state index in [1.54, 1.807) is 20.8 Å². The zero-order valence-electron chi connectivity index (χ0n) is 13.7. The van der Waals surface area contributed by atoms with Crippen LogP contribution in [-0.2, 0) is 14.3 Å². The van der Waals surface area contributed by atoms with Gasteiger partial charge in [0.1, 0.15) is 11.7 Å². The Morgan fingerprint density at radius 3 is 2.46 bits per heavy atom. The van der Waals surface area contributed by atoms with Crippen molar-refractivity contribution in [1.29, 1.82) is 0 Å². The Hall–Kier alpha value is -2.92. The van der Waals surface area contributed by atoms with E-state index < -0.39 is 34.3 Å². The summed E-state index contributed by atoms with van der Waals surface area (Å²) < 4.78 is 9.43. The molecule has 1 aromatic carbocycles. The first kappa shape index (κ1) is 19.1. The van der Waals surface area contributed by atoms with Crippen LogP contribution in [-0.4, -0.2) is 34.7 Å². The van der Waals surface area contributed by atoms with Gasteiger partial charge in [-0.3, -0.25) is 10.1 Å². The number of aliphatic hydroxyl groups excluding tert-OH is 1. The molecule has 0 aliphatic heterocycles. The molecule has 0 amide bonds. The average Bonchev–Trinajstić information content (AvgIpc) is 2.49. The number of benzene rings is 1. The van der Waals surface area contributed by atoms with Crippen LogP contribution >= 0.6 is 0 Å². The highest BCUT2D eigenvalue weighted by atomic mass is 16.6. The molecule has 8 heteroatoms. The summed E-state index contributed by atoms with van der Waals surface area (Å²) in [5.74, 6) is 2.65. The molecule has 1 aromatic rings. The Kier molecular flexibility index (Phi) is 6.03. The van der Waals surface area contributed by atoms with Gasteiger partial charge in [-0.25, -0.2) is 9.59 Å². The van der Waals surface area contributed by atoms with E-state index in [2.05, 4.69) is 16.6 Å². The van der Waals surface area contributed by atoms with Gasteiger partial charge in [0.25, 0.3) is 5.69 Å². The first-order chi connectivity index (χ1) is 11.0. The number of esters is 2. The summed E-state index contributed by atoms with van der Waals surface area (Å²) in [6, 6.07) is 3.41. The third kappa shape index (κ3) is 5.37. The van der Waals surface area contributed by atoms with Gasteiger partial charge in [0.2, 0.25) is 0 Å². The number of aliphatic hydroxyl groups is 1. The molecule has 0 saturated heterocycles. The number of rotatable bonds is 3. The molecule has 0 spiro atoms. The molecule has 24 heavy (non-hydrogen) atoms. The average molecular weight is 335 g/mol. The summed E-state index contributed by atoms with van der Waals surface area (Å²) in [4.78, 5) is 33.3. The summed E-state index contributed by atoms with van der Waals surface area (Å²) in [5, 5.41) is 21.1. The Morgan fingerprint density at radius 1 is 1.33 bits per heavy atom. The molecule has 1 rings (SSSR count). The highest BCUT2D eigenvalue weighted by Crippen LogP contribution is 2.26. The number of nitro groups is 1. The number of hydrogen-bond donors (Lipinski definition) is 1. The molecule has 0 saturated carbocycles. The topological polar surface area (TPSA) is 116 Å². The van der Waals surface area contributed by atoms with Crippen molar-refractivity contribution in [3.63, 3.8) is 0 Å². The second-order valence-electron chi connectivity index (χ2n) is 5.70. The van der Waals surface area contributed by atoms with Crippen LogP contribution < -0.4 is 0 Å². The van der Waals surface area contributed by atoms with Crippen LogP contribution in [0.5, 0.6) is 0 Å². The van der Waals surface area contributed by atoms with Crippen LogP contribution in [0.1, 0.15) is 42.8 Å². The lowest BCUT2D eigenvalue weighted by Gasteiger charge is -2.17. The van der Waals surface area contributed by atoms with Crippen LogP contribution in [0.4, 0.5) is 5.69 Å². The van der Waals surface area contributed by atoms with Crippen LogP contribution in [0.25, 0.3) is 0 Å². The standard InChI is InChI=1S/C16H17NO7/c1-16(2,3)24-14(19)8-7-13(18)11-6-5-10(15(20)23-4)9-12(11)17(21)22/h5-6,9,13,18H,1-4H3. The maximum Gasteiger partial charge on any atom is 0.384 e. The third-order valence-electron chi connectivity index (χ3n) is 2.65. The Morgan fingerprint density at radius 2 is 1.96 bits per heavy atom. The smallest absolute Gasteiger partial charge is 0.384 e. The van der Waals surface area contributed by atoms with Crippen molar-refractivity contribution in [2.45, 2.75) is 32.5 Å². The molecule has 0 heterocycles. The third-order valence-corrected chi connectivity index (χ3v) is 2.65. The number of carbonyl (C=O) groups is 2. The van der Waals surface area contributed by atoms with Crippen molar-refractivity contribution in [2.75, 3.05) is 7.11 Å². The summed E-state index contributed by atoms with van der Waals surface area (Å²) in [7, 11) is 1.14. The zero-order valence-corrected chi connectivity index (χ0v) is 13.7. The molecule has 0 aliphatic rings. The van der Waals surface area contributed by atoms with Crippen LogP contribution in [0.15, 0.2) is 18.2 Å². The second kappa shape index (κ2) is 7.57. The fourth-order valence-corrected chi connectivity index (χ4v) is 1.69. The molecule has 8 nitrogen and oxygen atoms in total. The Bertz CT molecular complexity index is 722. The number of ether oxygens (including phenoxy) is 2. The van der Waals surface area contributed by atoms with Crippen molar-refractivity contribution in [3.05, 3.63) is 39.4 Å². The van der Waals surface area contributed by atoms with E-state index >= 15 is 0 Å². The van der Waals surface area contributed by atoms with Crippen molar-refractivity contribution >= 4 is 17.6 Å². The molecule has 1 N–H and O–H groups in total. The van der Waals surface area contributed by atoms with Gasteiger partial charge in [-0.05, 0) is 32.9 Å². The van der Waals surface area contributed by atoms with E-state index in [1.807, 2.05) is 0 Å². The van der Waals surface area contributed by atoms with Crippen molar-refractivity contribution in [3.8, 4) is 11.8 Å². The van der Waals surface area contributed by atoms with Gasteiger partial charge in [-0.1, -0.05) is 5.92 Å². The summed E-state index contributed by atoms with van der Waals surface area (Å²) in [6.07, 6.45) is -1.59. The maximum atomic E-state index is 11.5. The van der Waals surface area contributed by atoms with Gasteiger partial charge in [0.05, 0.1) is 23.2 Å². The van der Waals surface area contributed by atoms with E-state index in [-0.39, 0.29) is 11.1 Å². The maximum absolute atomic E-state index is 11.5. The lowest BCUT2D eigenvalue weighted by molar-refractivity contribution is -0.386. The Balaban J connectivity index is 3.11. The summed E-state index contributed by atoms with van der Waals surface area (Å²) >= 11 is 0. The first-order valence-electron chi connectivity index (χ1n) is 6.84. The number of carbonyl (C=O) groups excluding carboxylic acids is 2. The van der Waals surface area contributed by atoms with E-state index in [4.69, 9.17) is 4.74 Å². The number of methoxy groups -OCH3 is 1. The fraction of sp³-hybridized carbons (Fsp3) is 0.375. The molecule has 0 radical (unpaired) electrons. The van der Waals surface area contributed by atoms with Crippen molar-refractivity contribution in [1.82, 2.24) is 0 Å². The lowest BCUT2D eigenvalue weighted by atomic mass is 10.0. The van der Waals surface area contributed by atoms with Gasteiger partial charge in [-0.15, -0.1) is 0 Å². The molecular weight excluding hydrogens is 318 g/mol. The fourth-order valence-electron chi connectivity index (χ4n) is 1.69. The minimum absolute atomic E-state index is 0.0414. The van der Waals surface area contributed by atoms with E-state index in [1.165, 1.54) is 12.1 Å². The van der Waals surface area contributed by atoms with Crippen molar-refractivity contribution < 1.29 is 29.1 Å². The molecule has 0 fully saturated rings. The zero-order chi connectivity index (χ0) is 18.5. The van der Waals surface area contributed by atoms with Crippen LogP contribution in [0.2, 0.25) is 0 Å². The minimum atomic E-state index is -1.59. The molecule has 1 unspecified atom stereocenters. The van der Waals surface area contributed by atoms with Gasteiger partial charge in [0.15, 0.2) is 0 Å². The predicted octanol–water partition coefficient (Wildman–Crippen LogP) is 1.76. The highest BCUT2D eigenvalue weighted by molar-refractivity contribution is 5.90. The van der Waals surface area contributed by atoms with Crippen LogP contribution in [0, 0.1) is 22.0 Å². The summed E-state index contributed by atoms with van der Waals surface area (Å²) in [6.45, 7) is 4.96. The largest absolute Gasteiger partial charge is 0.465 e. The van der Waals surface area contributed by atoms with Gasteiger partial charge < -0.3 is 14.6 Å². The molecule has 128 valence electrons. The first-order valence-corrected chi connectivity index (χ1v) is 6.84. The van der Waals surface area contributed by atoms with Gasteiger partial charge >= 0.3 is 11.9 Å². The van der Waals surface area contributed by atoms with Gasteiger partial charge in [0, 0.05) is 12.0 Å². The predicted molar refractivity (Wildman–Crippen MR) is 83.0 cm³/mol. The van der Waals surface area contributed by atoms with Gasteiger partial charge in [-0.2, -0.15) is 0 Å². The lowest BCUT2D eigenvalue weighted by Crippen LogP contribution is -2.22.